The number of hydrogen-bond acceptors (Lipinski definition) is 1. The lowest BCUT2D eigenvalue weighted by atomic mass is 10.2. The van der Waals surface area contributed by atoms with E-state index in [4.69, 9.17) is 0 Å². The third kappa shape index (κ3) is 4.39. The number of allylic oxidation sites excluding steroid dienone is 1. The van der Waals surface area contributed by atoms with Gasteiger partial charge in [-0.2, -0.15) is 0 Å². The highest BCUT2D eigenvalue weighted by molar-refractivity contribution is 5.74. The number of benzene rings is 1. The van der Waals surface area contributed by atoms with Crippen molar-refractivity contribution in [1.29, 1.82) is 0 Å². The molecule has 102 valence electrons. The lowest BCUT2D eigenvalue weighted by Gasteiger charge is -2.22. The van der Waals surface area contributed by atoms with E-state index in [-0.39, 0.29) is 11.8 Å². The van der Waals surface area contributed by atoms with Crippen molar-refractivity contribution in [2.45, 2.75) is 25.8 Å². The average molecular weight is 262 g/mol. The smallest absolute Gasteiger partial charge is 0.317 e. The van der Waals surface area contributed by atoms with Crippen molar-refractivity contribution < 1.29 is 9.18 Å². The van der Waals surface area contributed by atoms with Crippen LogP contribution in [0, 0.1) is 5.82 Å². The second-order valence-corrected chi connectivity index (χ2v) is 4.71. The predicted molar refractivity (Wildman–Crippen MR) is 73.2 cm³/mol. The molecule has 3 nitrogen and oxygen atoms in total. The number of nitrogens with zero attached hydrogens (tertiary/aromatic N) is 1. The van der Waals surface area contributed by atoms with Crippen LogP contribution in [0.25, 0.3) is 0 Å². The molecule has 1 aromatic carbocycles. The zero-order valence-electron chi connectivity index (χ0n) is 10.9. The molecule has 1 N–H and O–H groups in total. The minimum absolute atomic E-state index is 0.0594. The van der Waals surface area contributed by atoms with E-state index in [0.29, 0.717) is 19.6 Å². The van der Waals surface area contributed by atoms with Gasteiger partial charge in [-0.15, -0.1) is 0 Å². The molecule has 0 fully saturated rings. The van der Waals surface area contributed by atoms with Crippen LogP contribution in [0.15, 0.2) is 36.4 Å². The molecular weight excluding hydrogens is 243 g/mol. The number of carbonyl (C=O) groups is 1. The number of halogens is 1. The summed E-state index contributed by atoms with van der Waals surface area (Å²) in [6.07, 6.45) is 7.31. The summed E-state index contributed by atoms with van der Waals surface area (Å²) in [5, 5.41) is 2.91. The summed E-state index contributed by atoms with van der Waals surface area (Å²) in [5.41, 5.74) is 0.932. The second-order valence-electron chi connectivity index (χ2n) is 4.71. The lowest BCUT2D eigenvalue weighted by Crippen LogP contribution is -2.40. The highest BCUT2D eigenvalue weighted by Crippen LogP contribution is 2.08. The van der Waals surface area contributed by atoms with Gasteiger partial charge in [-0.25, -0.2) is 9.18 Å². The number of amides is 2. The summed E-state index contributed by atoms with van der Waals surface area (Å²) in [4.78, 5) is 13.7. The van der Waals surface area contributed by atoms with Gasteiger partial charge in [-0.1, -0.05) is 24.3 Å². The molecule has 0 bridgehead atoms. The van der Waals surface area contributed by atoms with E-state index in [2.05, 4.69) is 11.4 Å². The van der Waals surface area contributed by atoms with Crippen molar-refractivity contribution >= 4 is 6.03 Å². The largest absolute Gasteiger partial charge is 0.338 e. The van der Waals surface area contributed by atoms with Crippen molar-refractivity contribution in [1.82, 2.24) is 10.2 Å². The van der Waals surface area contributed by atoms with E-state index in [1.54, 1.807) is 17.0 Å². The van der Waals surface area contributed by atoms with Gasteiger partial charge >= 0.3 is 6.03 Å². The Bertz CT molecular complexity index is 442. The molecule has 0 aromatic heterocycles. The Balaban J connectivity index is 2.03. The van der Waals surface area contributed by atoms with E-state index in [9.17, 15) is 9.18 Å². The van der Waals surface area contributed by atoms with Crippen LogP contribution in [-0.4, -0.2) is 24.0 Å². The molecule has 0 saturated heterocycles. The van der Waals surface area contributed by atoms with Gasteiger partial charge in [0.05, 0.1) is 0 Å². The molecule has 2 rings (SSSR count). The number of rotatable bonds is 2. The first kappa shape index (κ1) is 13.6. The van der Waals surface area contributed by atoms with Gasteiger partial charge < -0.3 is 10.2 Å². The SMILES string of the molecule is O=C1NCCCC/C=C\CN1Cc1ccc(F)cc1. The molecule has 0 spiro atoms. The quantitative estimate of drug-likeness (QED) is 0.816. The Labute approximate surface area is 113 Å². The van der Waals surface area contributed by atoms with E-state index in [1.807, 2.05) is 6.08 Å². The minimum Gasteiger partial charge on any atom is -0.338 e. The standard InChI is InChI=1S/C15H19FN2O/c16-14-8-6-13(7-9-14)12-18-11-5-3-1-2-4-10-17-15(18)19/h3,5-9H,1-2,4,10-12H2,(H,17,19)/b5-3-. The average Bonchev–Trinajstić information content (AvgIpc) is 2.42. The maximum absolute atomic E-state index is 12.9. The van der Waals surface area contributed by atoms with Gasteiger partial charge in [0, 0.05) is 19.6 Å². The molecular formula is C15H19FN2O. The van der Waals surface area contributed by atoms with Crippen LogP contribution in [0.5, 0.6) is 0 Å². The van der Waals surface area contributed by atoms with Gasteiger partial charge in [0.2, 0.25) is 0 Å². The first-order valence-corrected chi connectivity index (χ1v) is 6.68. The Kier molecular flexibility index (Phi) is 4.95. The van der Waals surface area contributed by atoms with Gasteiger partial charge in [-0.05, 0) is 37.0 Å². The maximum Gasteiger partial charge on any atom is 0.317 e. The van der Waals surface area contributed by atoms with Gasteiger partial charge in [0.25, 0.3) is 0 Å². The van der Waals surface area contributed by atoms with E-state index < -0.39 is 0 Å². The second kappa shape index (κ2) is 6.92. The van der Waals surface area contributed by atoms with E-state index >= 15 is 0 Å². The normalized spacial score (nSPS) is 18.8. The molecule has 0 aliphatic carbocycles. The molecule has 4 heteroatoms. The van der Waals surface area contributed by atoms with Crippen LogP contribution < -0.4 is 5.32 Å². The Morgan fingerprint density at radius 1 is 1.16 bits per heavy atom. The molecule has 0 radical (unpaired) electrons. The molecule has 1 aliphatic rings. The fourth-order valence-electron chi connectivity index (χ4n) is 2.04. The highest BCUT2D eigenvalue weighted by Gasteiger charge is 2.12. The Hall–Kier alpha value is -1.84. The number of urea groups is 1. The van der Waals surface area contributed by atoms with Crippen LogP contribution in [0.2, 0.25) is 0 Å². The predicted octanol–water partition coefficient (Wildman–Crippen LogP) is 3.08. The van der Waals surface area contributed by atoms with E-state index in [0.717, 1.165) is 24.8 Å². The number of nitrogens with one attached hydrogen (secondary N) is 1. The third-order valence-electron chi connectivity index (χ3n) is 3.14. The molecule has 0 atom stereocenters. The zero-order chi connectivity index (χ0) is 13.5. The van der Waals surface area contributed by atoms with Crippen LogP contribution in [0.4, 0.5) is 9.18 Å². The lowest BCUT2D eigenvalue weighted by molar-refractivity contribution is 0.200. The third-order valence-corrected chi connectivity index (χ3v) is 3.14. The van der Waals surface area contributed by atoms with Crippen LogP contribution in [0.1, 0.15) is 24.8 Å². The number of carbonyl (C=O) groups excluding carboxylic acids is 1. The highest BCUT2D eigenvalue weighted by atomic mass is 19.1. The fourth-order valence-corrected chi connectivity index (χ4v) is 2.04. The Morgan fingerprint density at radius 2 is 1.95 bits per heavy atom. The summed E-state index contributed by atoms with van der Waals surface area (Å²) in [6, 6.07) is 6.21. The van der Waals surface area contributed by atoms with Gasteiger partial charge in [0.15, 0.2) is 0 Å². The number of hydrogen-bond donors (Lipinski definition) is 1. The van der Waals surface area contributed by atoms with Crippen molar-refractivity contribution in [3.8, 4) is 0 Å². The monoisotopic (exact) mass is 262 g/mol. The van der Waals surface area contributed by atoms with Crippen molar-refractivity contribution in [2.75, 3.05) is 13.1 Å². The summed E-state index contributed by atoms with van der Waals surface area (Å²) >= 11 is 0. The fraction of sp³-hybridized carbons (Fsp3) is 0.400. The van der Waals surface area contributed by atoms with Crippen LogP contribution >= 0.6 is 0 Å². The summed E-state index contributed by atoms with van der Waals surface area (Å²) in [6.45, 7) is 1.80. The summed E-state index contributed by atoms with van der Waals surface area (Å²) < 4.78 is 12.9. The van der Waals surface area contributed by atoms with Gasteiger partial charge in [0.1, 0.15) is 5.82 Å². The Morgan fingerprint density at radius 3 is 2.74 bits per heavy atom. The maximum atomic E-state index is 12.9. The van der Waals surface area contributed by atoms with Crippen molar-refractivity contribution in [3.05, 3.63) is 47.8 Å². The van der Waals surface area contributed by atoms with Gasteiger partial charge in [-0.3, -0.25) is 0 Å². The zero-order valence-corrected chi connectivity index (χ0v) is 10.9. The van der Waals surface area contributed by atoms with Crippen LogP contribution in [-0.2, 0) is 6.54 Å². The van der Waals surface area contributed by atoms with Crippen molar-refractivity contribution in [3.63, 3.8) is 0 Å². The topological polar surface area (TPSA) is 32.3 Å². The van der Waals surface area contributed by atoms with E-state index in [1.165, 1.54) is 12.1 Å². The molecule has 1 aliphatic heterocycles. The van der Waals surface area contributed by atoms with Crippen molar-refractivity contribution in [2.24, 2.45) is 0 Å². The summed E-state index contributed by atoms with van der Waals surface area (Å²) in [5.74, 6) is -0.256. The molecule has 2 amide bonds. The molecule has 0 unspecified atom stereocenters. The first-order valence-electron chi connectivity index (χ1n) is 6.68. The molecule has 19 heavy (non-hydrogen) atoms. The summed E-state index contributed by atoms with van der Waals surface area (Å²) in [7, 11) is 0. The molecule has 0 saturated carbocycles. The first-order chi connectivity index (χ1) is 9.25. The van der Waals surface area contributed by atoms with Crippen LogP contribution in [0.3, 0.4) is 0 Å². The minimum atomic E-state index is -0.256. The molecule has 1 aromatic rings. The molecule has 1 heterocycles.